The fourth-order valence-corrected chi connectivity index (χ4v) is 3.98. The second-order valence-corrected chi connectivity index (χ2v) is 8.40. The molecule has 29 heavy (non-hydrogen) atoms. The highest BCUT2D eigenvalue weighted by Crippen LogP contribution is 2.34. The SMILES string of the molecule is CCOc1ccc(C=C2SC(=S)N(NC(=O)c3ccc(Br)cc3)C2=O)cc1OC. The summed E-state index contributed by atoms with van der Waals surface area (Å²) in [5, 5.41) is 1.09. The Morgan fingerprint density at radius 3 is 2.62 bits per heavy atom. The highest BCUT2D eigenvalue weighted by atomic mass is 79.9. The molecule has 0 radical (unpaired) electrons. The van der Waals surface area contributed by atoms with Gasteiger partial charge in [0.2, 0.25) is 0 Å². The molecule has 0 aromatic heterocycles. The first-order valence-electron chi connectivity index (χ1n) is 8.58. The fraction of sp³-hybridized carbons (Fsp3) is 0.150. The molecule has 0 unspecified atom stereocenters. The second kappa shape index (κ2) is 9.43. The Hall–Kier alpha value is -2.36. The number of benzene rings is 2. The van der Waals surface area contributed by atoms with Gasteiger partial charge in [-0.05, 0) is 67.2 Å². The first kappa shape index (κ1) is 21.4. The van der Waals surface area contributed by atoms with Crippen LogP contribution in [0.2, 0.25) is 0 Å². The van der Waals surface area contributed by atoms with Crippen LogP contribution in [0.5, 0.6) is 11.5 Å². The Kier molecular flexibility index (Phi) is 6.94. The minimum atomic E-state index is -0.419. The highest BCUT2D eigenvalue weighted by molar-refractivity contribution is 9.10. The normalized spacial score (nSPS) is 15.0. The molecule has 0 spiro atoms. The van der Waals surface area contributed by atoms with Crippen LogP contribution in [-0.2, 0) is 4.79 Å². The molecule has 1 aliphatic rings. The molecule has 2 aromatic rings. The molecule has 2 amide bonds. The van der Waals surface area contributed by atoms with Gasteiger partial charge in [0, 0.05) is 10.0 Å². The maximum absolute atomic E-state index is 12.7. The molecule has 3 rings (SSSR count). The van der Waals surface area contributed by atoms with Crippen molar-refractivity contribution in [1.82, 2.24) is 10.4 Å². The molecule has 1 fully saturated rings. The molecule has 0 saturated carbocycles. The number of carbonyl (C=O) groups is 2. The Bertz CT molecular complexity index is 992. The second-order valence-electron chi connectivity index (χ2n) is 5.81. The van der Waals surface area contributed by atoms with Crippen LogP contribution >= 0.6 is 39.9 Å². The average molecular weight is 493 g/mol. The molecule has 150 valence electrons. The van der Waals surface area contributed by atoms with E-state index in [1.165, 1.54) is 0 Å². The molecule has 1 saturated heterocycles. The fourth-order valence-electron chi connectivity index (χ4n) is 2.53. The van der Waals surface area contributed by atoms with Gasteiger partial charge in [0.05, 0.1) is 18.6 Å². The number of methoxy groups -OCH3 is 1. The zero-order chi connectivity index (χ0) is 21.0. The summed E-state index contributed by atoms with van der Waals surface area (Å²) in [5.41, 5.74) is 3.73. The minimum Gasteiger partial charge on any atom is -0.493 e. The molecule has 6 nitrogen and oxygen atoms in total. The summed E-state index contributed by atoms with van der Waals surface area (Å²) in [4.78, 5) is 25.5. The molecule has 9 heteroatoms. The molecule has 0 bridgehead atoms. The lowest BCUT2D eigenvalue weighted by Crippen LogP contribution is -2.44. The molecule has 0 atom stereocenters. The largest absolute Gasteiger partial charge is 0.493 e. The number of nitrogens with zero attached hydrogens (tertiary/aromatic N) is 1. The molecular weight excluding hydrogens is 476 g/mol. The quantitative estimate of drug-likeness (QED) is 0.475. The van der Waals surface area contributed by atoms with Crippen LogP contribution in [0.1, 0.15) is 22.8 Å². The van der Waals surface area contributed by atoms with Gasteiger partial charge < -0.3 is 9.47 Å². The van der Waals surface area contributed by atoms with Crippen molar-refractivity contribution >= 4 is 62.1 Å². The predicted octanol–water partition coefficient (Wildman–Crippen LogP) is 4.40. The van der Waals surface area contributed by atoms with Crippen LogP contribution in [0.4, 0.5) is 0 Å². The number of ether oxygens (including phenoxy) is 2. The number of rotatable bonds is 6. The topological polar surface area (TPSA) is 67.9 Å². The Labute approximate surface area is 186 Å². The summed E-state index contributed by atoms with van der Waals surface area (Å²) < 4.78 is 12.0. The number of halogens is 1. The average Bonchev–Trinajstić information content (AvgIpc) is 2.97. The van der Waals surface area contributed by atoms with Crippen LogP contribution in [0.25, 0.3) is 6.08 Å². The maximum atomic E-state index is 12.7. The van der Waals surface area contributed by atoms with E-state index in [0.29, 0.717) is 28.6 Å². The summed E-state index contributed by atoms with van der Waals surface area (Å²) in [6.07, 6.45) is 1.70. The first-order chi connectivity index (χ1) is 13.9. The molecule has 2 aromatic carbocycles. The third-order valence-electron chi connectivity index (χ3n) is 3.90. The van der Waals surface area contributed by atoms with Crippen molar-refractivity contribution in [3.05, 3.63) is 63.0 Å². The minimum absolute atomic E-state index is 0.254. The van der Waals surface area contributed by atoms with Gasteiger partial charge in [-0.2, -0.15) is 5.01 Å². The van der Waals surface area contributed by atoms with Crippen molar-refractivity contribution in [2.45, 2.75) is 6.92 Å². The Balaban J connectivity index is 1.77. The van der Waals surface area contributed by atoms with E-state index < -0.39 is 11.8 Å². The van der Waals surface area contributed by atoms with Crippen molar-refractivity contribution < 1.29 is 19.1 Å². The van der Waals surface area contributed by atoms with E-state index in [0.717, 1.165) is 26.8 Å². The van der Waals surface area contributed by atoms with Crippen LogP contribution in [0.3, 0.4) is 0 Å². The van der Waals surface area contributed by atoms with E-state index in [1.807, 2.05) is 13.0 Å². The number of thioether (sulfide) groups is 1. The summed E-state index contributed by atoms with van der Waals surface area (Å²) in [7, 11) is 1.55. The number of amides is 2. The van der Waals surface area contributed by atoms with Crippen molar-refractivity contribution in [2.24, 2.45) is 0 Å². The van der Waals surface area contributed by atoms with Gasteiger partial charge in [-0.3, -0.25) is 15.0 Å². The zero-order valence-electron chi connectivity index (χ0n) is 15.6. The van der Waals surface area contributed by atoms with Gasteiger partial charge in [0.1, 0.15) is 0 Å². The van der Waals surface area contributed by atoms with Crippen molar-refractivity contribution in [1.29, 1.82) is 0 Å². The van der Waals surface area contributed by atoms with Crippen molar-refractivity contribution in [3.63, 3.8) is 0 Å². The number of nitrogens with one attached hydrogen (secondary N) is 1. The Morgan fingerprint density at radius 1 is 1.24 bits per heavy atom. The third-order valence-corrected chi connectivity index (χ3v) is 5.73. The van der Waals surface area contributed by atoms with E-state index in [-0.39, 0.29) is 4.32 Å². The number of thiocarbonyl (C=S) groups is 1. The van der Waals surface area contributed by atoms with Gasteiger partial charge in [0.25, 0.3) is 11.8 Å². The van der Waals surface area contributed by atoms with Crippen molar-refractivity contribution in [2.75, 3.05) is 13.7 Å². The van der Waals surface area contributed by atoms with Crippen LogP contribution < -0.4 is 14.9 Å². The number of hydrogen-bond donors (Lipinski definition) is 1. The lowest BCUT2D eigenvalue weighted by atomic mass is 10.2. The van der Waals surface area contributed by atoms with Crippen LogP contribution in [0, 0.1) is 0 Å². The van der Waals surface area contributed by atoms with E-state index in [9.17, 15) is 9.59 Å². The summed E-state index contributed by atoms with van der Waals surface area (Å²) >= 11 is 9.70. The highest BCUT2D eigenvalue weighted by Gasteiger charge is 2.33. The predicted molar refractivity (Wildman–Crippen MR) is 121 cm³/mol. The summed E-state index contributed by atoms with van der Waals surface area (Å²) in [6.45, 7) is 2.41. The van der Waals surface area contributed by atoms with Crippen LogP contribution in [-0.4, -0.2) is 34.9 Å². The smallest absolute Gasteiger partial charge is 0.285 e. The first-order valence-corrected chi connectivity index (χ1v) is 10.6. The molecule has 1 heterocycles. The lowest BCUT2D eigenvalue weighted by molar-refractivity contribution is -0.123. The third kappa shape index (κ3) is 4.98. The molecule has 0 aliphatic carbocycles. The molecule has 1 aliphatic heterocycles. The van der Waals surface area contributed by atoms with Gasteiger partial charge in [-0.1, -0.05) is 33.8 Å². The van der Waals surface area contributed by atoms with E-state index in [1.54, 1.807) is 49.6 Å². The molecular formula is C20H17BrN2O4S2. The van der Waals surface area contributed by atoms with E-state index in [4.69, 9.17) is 21.7 Å². The monoisotopic (exact) mass is 492 g/mol. The number of hydrogen-bond acceptors (Lipinski definition) is 6. The molecule has 1 N–H and O–H groups in total. The summed E-state index contributed by atoms with van der Waals surface area (Å²) in [6, 6.07) is 12.2. The van der Waals surface area contributed by atoms with E-state index in [2.05, 4.69) is 21.4 Å². The van der Waals surface area contributed by atoms with Crippen molar-refractivity contribution in [3.8, 4) is 11.5 Å². The number of carbonyl (C=O) groups excluding carboxylic acids is 2. The Morgan fingerprint density at radius 2 is 1.97 bits per heavy atom. The lowest BCUT2D eigenvalue weighted by Gasteiger charge is -2.15. The maximum Gasteiger partial charge on any atom is 0.285 e. The van der Waals surface area contributed by atoms with Gasteiger partial charge in [-0.25, -0.2) is 0 Å². The van der Waals surface area contributed by atoms with E-state index >= 15 is 0 Å². The zero-order valence-corrected chi connectivity index (χ0v) is 18.8. The van der Waals surface area contributed by atoms with Gasteiger partial charge in [0.15, 0.2) is 15.8 Å². The van der Waals surface area contributed by atoms with Crippen LogP contribution in [0.15, 0.2) is 51.8 Å². The summed E-state index contributed by atoms with van der Waals surface area (Å²) in [5.74, 6) is 0.386. The van der Waals surface area contributed by atoms with Gasteiger partial charge >= 0.3 is 0 Å². The standard InChI is InChI=1S/C20H17BrN2O4S2/c1-3-27-15-9-4-12(10-16(15)26-2)11-17-19(25)23(20(28)29-17)22-18(24)13-5-7-14(21)8-6-13/h4-11H,3H2,1-2H3,(H,22,24). The van der Waals surface area contributed by atoms with Gasteiger partial charge in [-0.15, -0.1) is 0 Å². The number of hydrazine groups is 1.